The number of aryl methyl sites for hydroxylation is 1. The summed E-state index contributed by atoms with van der Waals surface area (Å²) < 4.78 is 28.1. The van der Waals surface area contributed by atoms with Gasteiger partial charge in [-0.25, -0.2) is 8.78 Å². The first-order chi connectivity index (χ1) is 11.5. The minimum absolute atomic E-state index is 0.0244. The maximum absolute atomic E-state index is 13.4. The number of piperidine rings is 1. The Kier molecular flexibility index (Phi) is 4.62. The van der Waals surface area contributed by atoms with Crippen molar-refractivity contribution in [1.29, 1.82) is 0 Å². The van der Waals surface area contributed by atoms with E-state index in [2.05, 4.69) is 10.4 Å². The van der Waals surface area contributed by atoms with Crippen LogP contribution in [0, 0.1) is 11.6 Å². The first-order valence-electron chi connectivity index (χ1n) is 7.96. The third-order valence-corrected chi connectivity index (χ3v) is 4.34. The van der Waals surface area contributed by atoms with Crippen molar-refractivity contribution in [2.45, 2.75) is 31.8 Å². The molecule has 0 radical (unpaired) electrons. The van der Waals surface area contributed by atoms with Crippen molar-refractivity contribution in [1.82, 2.24) is 15.1 Å². The summed E-state index contributed by atoms with van der Waals surface area (Å²) in [7, 11) is 1.80. The lowest BCUT2D eigenvalue weighted by atomic mass is 10.0. The molecule has 1 aliphatic rings. The predicted octanol–water partition coefficient (Wildman–Crippen LogP) is 2.54. The minimum Gasteiger partial charge on any atom is -0.308 e. The molecule has 0 saturated carbocycles. The number of nitrogens with one attached hydrogen (secondary N) is 1. The third-order valence-electron chi connectivity index (χ3n) is 4.34. The number of benzene rings is 1. The molecule has 1 aliphatic heterocycles. The molecule has 0 spiro atoms. The Hall–Kier alpha value is -2.28. The fourth-order valence-corrected chi connectivity index (χ4v) is 3.01. The molecule has 1 aromatic heterocycles. The predicted molar refractivity (Wildman–Crippen MR) is 86.5 cm³/mol. The molecule has 1 fully saturated rings. The molecule has 0 unspecified atom stereocenters. The van der Waals surface area contributed by atoms with Gasteiger partial charge in [0.1, 0.15) is 0 Å². The zero-order chi connectivity index (χ0) is 17.3. The molecule has 1 amide bonds. The van der Waals surface area contributed by atoms with Crippen LogP contribution in [0.15, 0.2) is 30.6 Å². The Labute approximate surface area is 139 Å². The van der Waals surface area contributed by atoms with E-state index < -0.39 is 11.6 Å². The van der Waals surface area contributed by atoms with E-state index in [-0.39, 0.29) is 18.0 Å². The number of carbonyl (C=O) groups is 1. The highest BCUT2D eigenvalue weighted by Crippen LogP contribution is 2.23. The van der Waals surface area contributed by atoms with E-state index in [0.29, 0.717) is 18.5 Å². The molecule has 7 heteroatoms. The standard InChI is InChI=1S/C17H20F2N4O/c1-11(12-5-6-14(18)15(19)8-12)21-16-4-3-7-23(17(16)24)13-9-20-22(2)10-13/h5-6,8-11,16,21H,3-4,7H2,1-2H3/t11-,16+/m0/s1. The zero-order valence-corrected chi connectivity index (χ0v) is 13.7. The summed E-state index contributed by atoms with van der Waals surface area (Å²) in [6.45, 7) is 2.49. The van der Waals surface area contributed by atoms with Crippen LogP contribution >= 0.6 is 0 Å². The monoisotopic (exact) mass is 334 g/mol. The maximum atomic E-state index is 13.4. The van der Waals surface area contributed by atoms with Gasteiger partial charge in [0.15, 0.2) is 11.6 Å². The van der Waals surface area contributed by atoms with Crippen molar-refractivity contribution < 1.29 is 13.6 Å². The minimum atomic E-state index is -0.881. The second-order valence-corrected chi connectivity index (χ2v) is 6.12. The number of halogens is 2. The average Bonchev–Trinajstić information content (AvgIpc) is 2.98. The number of carbonyl (C=O) groups excluding carboxylic acids is 1. The number of amides is 1. The number of hydrogen-bond acceptors (Lipinski definition) is 3. The highest BCUT2D eigenvalue weighted by molar-refractivity contribution is 5.97. The average molecular weight is 334 g/mol. The first-order valence-corrected chi connectivity index (χ1v) is 7.96. The van der Waals surface area contributed by atoms with Gasteiger partial charge in [0, 0.05) is 25.8 Å². The summed E-state index contributed by atoms with van der Waals surface area (Å²) in [5.74, 6) is -1.78. The Morgan fingerprint density at radius 1 is 1.33 bits per heavy atom. The second kappa shape index (κ2) is 6.68. The molecule has 3 rings (SSSR count). The molecule has 128 valence electrons. The summed E-state index contributed by atoms with van der Waals surface area (Å²) >= 11 is 0. The van der Waals surface area contributed by atoms with E-state index in [1.807, 2.05) is 6.92 Å². The number of anilines is 1. The van der Waals surface area contributed by atoms with E-state index >= 15 is 0 Å². The normalized spacial score (nSPS) is 19.6. The van der Waals surface area contributed by atoms with Gasteiger partial charge in [-0.1, -0.05) is 6.07 Å². The molecule has 5 nitrogen and oxygen atoms in total. The highest BCUT2D eigenvalue weighted by Gasteiger charge is 2.31. The van der Waals surface area contributed by atoms with Gasteiger partial charge in [0.05, 0.1) is 17.9 Å². The van der Waals surface area contributed by atoms with Gasteiger partial charge in [-0.2, -0.15) is 5.10 Å². The highest BCUT2D eigenvalue weighted by atomic mass is 19.2. The van der Waals surface area contributed by atoms with E-state index in [4.69, 9.17) is 0 Å². The molecule has 24 heavy (non-hydrogen) atoms. The van der Waals surface area contributed by atoms with E-state index in [1.165, 1.54) is 12.1 Å². The fourth-order valence-electron chi connectivity index (χ4n) is 3.01. The Morgan fingerprint density at radius 3 is 2.79 bits per heavy atom. The third kappa shape index (κ3) is 3.31. The Morgan fingerprint density at radius 2 is 2.12 bits per heavy atom. The quantitative estimate of drug-likeness (QED) is 0.935. The Balaban J connectivity index is 1.72. The summed E-state index contributed by atoms with van der Waals surface area (Å²) in [5.41, 5.74) is 1.38. The molecule has 2 aromatic rings. The van der Waals surface area contributed by atoms with Gasteiger partial charge in [-0.15, -0.1) is 0 Å². The summed E-state index contributed by atoms with van der Waals surface area (Å²) in [6, 6.07) is 3.18. The summed E-state index contributed by atoms with van der Waals surface area (Å²) in [5, 5.41) is 7.33. The van der Waals surface area contributed by atoms with Crippen molar-refractivity contribution in [2.75, 3.05) is 11.4 Å². The number of rotatable bonds is 4. The van der Waals surface area contributed by atoms with Gasteiger partial charge in [0.2, 0.25) is 5.91 Å². The molecule has 1 N–H and O–H groups in total. The van der Waals surface area contributed by atoms with Crippen LogP contribution in [0.5, 0.6) is 0 Å². The molecule has 1 saturated heterocycles. The van der Waals surface area contributed by atoms with Crippen LogP contribution in [0.1, 0.15) is 31.4 Å². The Bertz CT molecular complexity index is 746. The maximum Gasteiger partial charge on any atom is 0.244 e. The number of aromatic nitrogens is 2. The van der Waals surface area contributed by atoms with Crippen LogP contribution < -0.4 is 10.2 Å². The topological polar surface area (TPSA) is 50.2 Å². The van der Waals surface area contributed by atoms with Crippen molar-refractivity contribution in [3.8, 4) is 0 Å². The molecule has 2 heterocycles. The van der Waals surface area contributed by atoms with Crippen molar-refractivity contribution in [3.05, 3.63) is 47.8 Å². The largest absolute Gasteiger partial charge is 0.308 e. The van der Waals surface area contributed by atoms with Gasteiger partial charge < -0.3 is 4.90 Å². The summed E-state index contributed by atoms with van der Waals surface area (Å²) in [6.07, 6.45) is 5.05. The van der Waals surface area contributed by atoms with Crippen LogP contribution in [-0.2, 0) is 11.8 Å². The summed E-state index contributed by atoms with van der Waals surface area (Å²) in [4.78, 5) is 14.4. The van der Waals surface area contributed by atoms with E-state index in [0.717, 1.165) is 18.2 Å². The van der Waals surface area contributed by atoms with Crippen molar-refractivity contribution in [2.24, 2.45) is 7.05 Å². The fraction of sp³-hybridized carbons (Fsp3) is 0.412. The second-order valence-electron chi connectivity index (χ2n) is 6.12. The van der Waals surface area contributed by atoms with Crippen molar-refractivity contribution >= 4 is 11.6 Å². The van der Waals surface area contributed by atoms with Crippen LogP contribution in [0.25, 0.3) is 0 Å². The van der Waals surface area contributed by atoms with E-state index in [9.17, 15) is 13.6 Å². The van der Waals surface area contributed by atoms with Gasteiger partial charge in [0.25, 0.3) is 0 Å². The smallest absolute Gasteiger partial charge is 0.244 e. The number of hydrogen-bond donors (Lipinski definition) is 1. The molecule has 2 atom stereocenters. The van der Waals surface area contributed by atoms with E-state index in [1.54, 1.807) is 29.0 Å². The lowest BCUT2D eigenvalue weighted by Crippen LogP contribution is -2.51. The van der Waals surface area contributed by atoms with Crippen LogP contribution in [0.4, 0.5) is 14.5 Å². The van der Waals surface area contributed by atoms with Crippen LogP contribution in [-0.4, -0.2) is 28.3 Å². The SMILES string of the molecule is C[C@H](N[C@@H]1CCCN(c2cnn(C)c2)C1=O)c1ccc(F)c(F)c1. The molecule has 0 aliphatic carbocycles. The lowest BCUT2D eigenvalue weighted by Gasteiger charge is -2.33. The molecular formula is C17H20F2N4O. The molecule has 1 aromatic carbocycles. The molecular weight excluding hydrogens is 314 g/mol. The van der Waals surface area contributed by atoms with Gasteiger partial charge >= 0.3 is 0 Å². The van der Waals surface area contributed by atoms with Gasteiger partial charge in [-0.3, -0.25) is 14.8 Å². The molecule has 0 bridgehead atoms. The van der Waals surface area contributed by atoms with Crippen LogP contribution in [0.3, 0.4) is 0 Å². The lowest BCUT2D eigenvalue weighted by molar-refractivity contribution is -0.122. The van der Waals surface area contributed by atoms with Crippen molar-refractivity contribution in [3.63, 3.8) is 0 Å². The first kappa shape index (κ1) is 16.6. The zero-order valence-electron chi connectivity index (χ0n) is 13.7. The van der Waals surface area contributed by atoms with Crippen LogP contribution in [0.2, 0.25) is 0 Å². The van der Waals surface area contributed by atoms with Gasteiger partial charge in [-0.05, 0) is 37.5 Å². The number of nitrogens with zero attached hydrogens (tertiary/aromatic N) is 3.